The molecule has 294 valence electrons. The largest absolute Gasteiger partial charge is 0.508 e. The van der Waals surface area contributed by atoms with Gasteiger partial charge in [0.1, 0.15) is 78.1 Å². The SMILES string of the molecule is O=C(C=Cc1ccc(O)cc1)OC[C@H]1O[C@@H](Oc2cc(O)cc3[o+]c(-c4cc(O)c(O)c(O)c4)c(O[C@@H]4O[C@@H](CO)[C@@H](O)[C@H](O)[C@@H]4O)cc23)[C@H](O)[C@@H](O)[C@@H]1O. The highest BCUT2D eigenvalue weighted by molar-refractivity contribution is 5.89. The average molecular weight is 774 g/mol. The summed E-state index contributed by atoms with van der Waals surface area (Å²) in [5.41, 5.74) is 0.238. The molecule has 0 bridgehead atoms. The smallest absolute Gasteiger partial charge is 0.402 e. The van der Waals surface area contributed by atoms with Crippen LogP contribution >= 0.6 is 0 Å². The van der Waals surface area contributed by atoms with Crippen molar-refractivity contribution in [2.75, 3.05) is 13.2 Å². The van der Waals surface area contributed by atoms with E-state index in [1.807, 2.05) is 0 Å². The van der Waals surface area contributed by atoms with E-state index >= 15 is 0 Å². The first kappa shape index (κ1) is 39.2. The van der Waals surface area contributed by atoms with Crippen molar-refractivity contribution in [2.24, 2.45) is 0 Å². The molecular formula is C36H37O19+. The van der Waals surface area contributed by atoms with Gasteiger partial charge in [-0.15, -0.1) is 0 Å². The molecule has 1 aromatic heterocycles. The van der Waals surface area contributed by atoms with Crippen LogP contribution in [0.5, 0.6) is 40.2 Å². The minimum absolute atomic E-state index is 0.0248. The molecule has 6 rings (SSSR count). The number of hydrogen-bond acceptors (Lipinski definition) is 18. The fourth-order valence-electron chi connectivity index (χ4n) is 5.82. The van der Waals surface area contributed by atoms with Crippen molar-refractivity contribution >= 4 is 23.0 Å². The molecule has 19 nitrogen and oxygen atoms in total. The van der Waals surface area contributed by atoms with E-state index in [1.54, 1.807) is 12.1 Å². The molecule has 12 N–H and O–H groups in total. The van der Waals surface area contributed by atoms with Crippen molar-refractivity contribution in [2.45, 2.75) is 61.4 Å². The summed E-state index contributed by atoms with van der Waals surface area (Å²) in [6.45, 7) is -1.41. The van der Waals surface area contributed by atoms with Crippen LogP contribution in [0.1, 0.15) is 5.56 Å². The van der Waals surface area contributed by atoms with Crippen LogP contribution in [0.25, 0.3) is 28.4 Å². The molecule has 2 fully saturated rings. The molecule has 3 heterocycles. The lowest BCUT2D eigenvalue weighted by Gasteiger charge is -2.40. The number of hydrogen-bond donors (Lipinski definition) is 12. The number of phenols is 5. The number of aliphatic hydroxyl groups excluding tert-OH is 7. The van der Waals surface area contributed by atoms with Gasteiger partial charge in [0.2, 0.25) is 18.3 Å². The van der Waals surface area contributed by atoms with Gasteiger partial charge in [0.15, 0.2) is 17.2 Å². The number of fused-ring (bicyclic) bond motifs is 1. The molecule has 0 amide bonds. The number of carbonyl (C=O) groups is 1. The van der Waals surface area contributed by atoms with Gasteiger partial charge in [0, 0.05) is 30.3 Å². The van der Waals surface area contributed by atoms with Gasteiger partial charge in [-0.1, -0.05) is 12.1 Å². The summed E-state index contributed by atoms with van der Waals surface area (Å²) in [6, 6.07) is 11.2. The summed E-state index contributed by atoms with van der Waals surface area (Å²) < 4.78 is 34.0. The molecule has 10 atom stereocenters. The lowest BCUT2D eigenvalue weighted by molar-refractivity contribution is -0.278. The number of rotatable bonds is 10. The van der Waals surface area contributed by atoms with Crippen LogP contribution < -0.4 is 9.47 Å². The van der Waals surface area contributed by atoms with E-state index in [0.29, 0.717) is 5.56 Å². The molecule has 0 saturated carbocycles. The lowest BCUT2D eigenvalue weighted by Crippen LogP contribution is -2.60. The molecule has 0 unspecified atom stereocenters. The maximum atomic E-state index is 12.4. The highest BCUT2D eigenvalue weighted by Gasteiger charge is 2.47. The van der Waals surface area contributed by atoms with E-state index in [2.05, 4.69) is 0 Å². The summed E-state index contributed by atoms with van der Waals surface area (Å²) in [7, 11) is 0. The second-order valence-corrected chi connectivity index (χ2v) is 12.7. The van der Waals surface area contributed by atoms with Crippen LogP contribution in [0.15, 0.2) is 65.1 Å². The maximum absolute atomic E-state index is 12.4. The summed E-state index contributed by atoms with van der Waals surface area (Å²) in [5.74, 6) is -4.77. The molecule has 19 heteroatoms. The number of aromatic hydroxyl groups is 5. The number of aliphatic hydroxyl groups is 7. The number of esters is 1. The Morgan fingerprint density at radius 1 is 0.691 bits per heavy atom. The van der Waals surface area contributed by atoms with Gasteiger partial charge in [-0.25, -0.2) is 9.21 Å². The quantitative estimate of drug-likeness (QED) is 0.0419. The Morgan fingerprint density at radius 2 is 1.27 bits per heavy atom. The molecule has 55 heavy (non-hydrogen) atoms. The summed E-state index contributed by atoms with van der Waals surface area (Å²) in [4.78, 5) is 12.4. The van der Waals surface area contributed by atoms with Gasteiger partial charge in [0.25, 0.3) is 0 Å². The fraction of sp³-hybridized carbons (Fsp3) is 0.333. The van der Waals surface area contributed by atoms with Crippen molar-refractivity contribution in [3.63, 3.8) is 0 Å². The second kappa shape index (κ2) is 16.1. The first-order valence-electron chi connectivity index (χ1n) is 16.5. The molecule has 3 aromatic carbocycles. The van der Waals surface area contributed by atoms with Gasteiger partial charge >= 0.3 is 17.3 Å². The topological polar surface area (TPSA) is 317 Å². The molecule has 4 aromatic rings. The van der Waals surface area contributed by atoms with Crippen LogP contribution in [0.3, 0.4) is 0 Å². The van der Waals surface area contributed by atoms with E-state index in [9.17, 15) is 66.1 Å². The zero-order valence-electron chi connectivity index (χ0n) is 28.3. The summed E-state index contributed by atoms with van der Waals surface area (Å²) in [5, 5.41) is 123. The molecule has 2 aliphatic heterocycles. The Labute approximate surface area is 309 Å². The lowest BCUT2D eigenvalue weighted by atomic mass is 9.99. The monoisotopic (exact) mass is 773 g/mol. The first-order chi connectivity index (χ1) is 26.1. The predicted molar refractivity (Wildman–Crippen MR) is 183 cm³/mol. The Bertz CT molecular complexity index is 2010. The molecule has 2 aliphatic rings. The van der Waals surface area contributed by atoms with E-state index in [1.165, 1.54) is 24.3 Å². The normalized spacial score (nSPS) is 28.3. The minimum Gasteiger partial charge on any atom is -0.508 e. The first-order valence-corrected chi connectivity index (χ1v) is 16.5. The van der Waals surface area contributed by atoms with Crippen LogP contribution in [-0.2, 0) is 19.0 Å². The van der Waals surface area contributed by atoms with Gasteiger partial charge in [-0.3, -0.25) is 0 Å². The highest BCUT2D eigenvalue weighted by atomic mass is 16.7. The zero-order valence-corrected chi connectivity index (χ0v) is 28.3. The summed E-state index contributed by atoms with van der Waals surface area (Å²) in [6.07, 6.45) is -15.0. The predicted octanol–water partition coefficient (Wildman–Crippen LogP) is -0.469. The van der Waals surface area contributed by atoms with Crippen molar-refractivity contribution in [3.8, 4) is 51.6 Å². The number of carbonyl (C=O) groups excluding carboxylic acids is 1. The number of ether oxygens (including phenoxy) is 5. The van der Waals surface area contributed by atoms with Crippen molar-refractivity contribution < 1.29 is 94.2 Å². The van der Waals surface area contributed by atoms with E-state index < -0.39 is 104 Å². The molecule has 0 spiro atoms. The van der Waals surface area contributed by atoms with Crippen LogP contribution in [0, 0.1) is 0 Å². The third-order valence-corrected chi connectivity index (χ3v) is 8.83. The van der Waals surface area contributed by atoms with E-state index in [0.717, 1.165) is 30.3 Å². The van der Waals surface area contributed by atoms with Crippen LogP contribution in [0.4, 0.5) is 0 Å². The van der Waals surface area contributed by atoms with Gasteiger partial charge in [-0.05, 0) is 23.8 Å². The minimum atomic E-state index is -1.92. The number of phenolic OH excluding ortho intramolecular Hbond substituents is 5. The van der Waals surface area contributed by atoms with Crippen molar-refractivity contribution in [3.05, 3.63) is 66.2 Å². The molecule has 2 saturated heterocycles. The Morgan fingerprint density at radius 3 is 1.89 bits per heavy atom. The third-order valence-electron chi connectivity index (χ3n) is 8.83. The van der Waals surface area contributed by atoms with Gasteiger partial charge < -0.3 is 85.0 Å². The molecular weight excluding hydrogens is 736 g/mol. The fourth-order valence-corrected chi connectivity index (χ4v) is 5.82. The Balaban J connectivity index is 1.31. The zero-order chi connectivity index (χ0) is 39.7. The Kier molecular flexibility index (Phi) is 11.5. The molecule has 0 radical (unpaired) electrons. The van der Waals surface area contributed by atoms with Crippen LogP contribution in [-0.4, -0.2) is 142 Å². The highest BCUT2D eigenvalue weighted by Crippen LogP contribution is 2.45. The van der Waals surface area contributed by atoms with Crippen LogP contribution in [0.2, 0.25) is 0 Å². The van der Waals surface area contributed by atoms with Crippen molar-refractivity contribution in [1.29, 1.82) is 0 Å². The number of benzene rings is 3. The maximum Gasteiger partial charge on any atom is 0.402 e. The van der Waals surface area contributed by atoms with Gasteiger partial charge in [-0.2, -0.15) is 0 Å². The van der Waals surface area contributed by atoms with E-state index in [-0.39, 0.29) is 39.5 Å². The Hall–Kier alpha value is -5.48. The van der Waals surface area contributed by atoms with Crippen molar-refractivity contribution in [1.82, 2.24) is 0 Å². The standard InChI is InChI=1S/C36H36O19/c37-12-24-28(44)30(46)32(48)36(54-24)53-23-11-18-21(51-34(23)15-7-19(40)27(43)20(41)8-15)9-17(39)10-22(18)52-35-33(49)31(47)29(45)25(55-35)13-50-26(42)6-3-14-1-4-16(38)5-2-14/h1-11,24-25,28-33,35-37,44-49H,12-13H2,(H4-,38,39,40,41,42,43)/p+1/t24-,25+,28+,29+,30-,31-,32-,33+,35+,36+/m0/s1. The second-order valence-electron chi connectivity index (χ2n) is 12.7. The average Bonchev–Trinajstić information content (AvgIpc) is 3.16. The van der Waals surface area contributed by atoms with E-state index in [4.69, 9.17) is 28.1 Å². The third kappa shape index (κ3) is 8.29. The molecule has 0 aliphatic carbocycles. The van der Waals surface area contributed by atoms with Gasteiger partial charge in [0.05, 0.1) is 18.2 Å². The summed E-state index contributed by atoms with van der Waals surface area (Å²) >= 11 is 0.